The van der Waals surface area contributed by atoms with Crippen molar-refractivity contribution < 1.29 is 14.6 Å². The van der Waals surface area contributed by atoms with E-state index in [0.29, 0.717) is 0 Å². The summed E-state index contributed by atoms with van der Waals surface area (Å²) in [5.74, 6) is 1.76. The number of ether oxygens (including phenoxy) is 2. The summed E-state index contributed by atoms with van der Waals surface area (Å²) < 4.78 is 11.4. The summed E-state index contributed by atoms with van der Waals surface area (Å²) in [6.07, 6.45) is 0. The minimum Gasteiger partial charge on any atom is -0.497 e. The van der Waals surface area contributed by atoms with Crippen molar-refractivity contribution in [2.24, 2.45) is 0 Å². The maximum Gasteiger partial charge on any atom is 0.130 e. The van der Waals surface area contributed by atoms with Gasteiger partial charge in [0.1, 0.15) is 11.5 Å². The summed E-state index contributed by atoms with van der Waals surface area (Å²) in [6.45, 7) is 6.09. The Balaban J connectivity index is 0.000000707. The van der Waals surface area contributed by atoms with Gasteiger partial charge in [-0.05, 0) is 57.8 Å². The molecule has 0 atom stereocenters. The highest BCUT2D eigenvalue weighted by Gasteiger charge is 2.17. The van der Waals surface area contributed by atoms with Crippen LogP contribution in [0.2, 0.25) is 0 Å². The summed E-state index contributed by atoms with van der Waals surface area (Å²) >= 11 is 0. The number of fused-ring (bicyclic) bond motifs is 2. The molecule has 4 aromatic rings. The SMILES string of the molecule is CC.CO.COc1cc(-c2c(OC)c(C)cc3ccccc23)c2ccccc2c1. The van der Waals surface area contributed by atoms with Crippen LogP contribution in [0, 0.1) is 6.92 Å². The highest BCUT2D eigenvalue weighted by atomic mass is 16.5. The van der Waals surface area contributed by atoms with Gasteiger partial charge in [0, 0.05) is 12.7 Å². The van der Waals surface area contributed by atoms with E-state index in [-0.39, 0.29) is 0 Å². The molecule has 0 aliphatic carbocycles. The highest BCUT2D eigenvalue weighted by molar-refractivity contribution is 6.08. The number of aliphatic hydroxyl groups is 1. The van der Waals surface area contributed by atoms with E-state index in [1.54, 1.807) is 14.2 Å². The Morgan fingerprint density at radius 2 is 1.24 bits per heavy atom. The number of hydrogen-bond acceptors (Lipinski definition) is 3. The van der Waals surface area contributed by atoms with Crippen molar-refractivity contribution in [2.75, 3.05) is 21.3 Å². The van der Waals surface area contributed by atoms with E-state index in [2.05, 4.69) is 73.7 Å². The van der Waals surface area contributed by atoms with Gasteiger partial charge in [0.15, 0.2) is 0 Å². The molecule has 3 heteroatoms. The number of methoxy groups -OCH3 is 2. The lowest BCUT2D eigenvalue weighted by atomic mass is 9.91. The summed E-state index contributed by atoms with van der Waals surface area (Å²) in [5, 5.41) is 11.7. The summed E-state index contributed by atoms with van der Waals surface area (Å²) in [7, 11) is 4.45. The largest absolute Gasteiger partial charge is 0.497 e. The number of aliphatic hydroxyl groups excluding tert-OH is 1. The monoisotopic (exact) mass is 390 g/mol. The van der Waals surface area contributed by atoms with Gasteiger partial charge in [0.05, 0.1) is 14.2 Å². The minimum atomic E-state index is 0.848. The second-order valence-corrected chi connectivity index (χ2v) is 6.22. The van der Waals surface area contributed by atoms with Gasteiger partial charge in [-0.25, -0.2) is 0 Å². The molecule has 0 aliphatic heterocycles. The molecule has 0 spiro atoms. The van der Waals surface area contributed by atoms with Crippen LogP contribution in [0.1, 0.15) is 19.4 Å². The molecule has 0 amide bonds. The van der Waals surface area contributed by atoms with E-state index in [4.69, 9.17) is 14.6 Å². The van der Waals surface area contributed by atoms with E-state index in [1.165, 1.54) is 16.2 Å². The van der Waals surface area contributed by atoms with Gasteiger partial charge in [0.25, 0.3) is 0 Å². The maximum atomic E-state index is 7.00. The van der Waals surface area contributed by atoms with Gasteiger partial charge in [-0.1, -0.05) is 62.4 Å². The first kappa shape index (κ1) is 22.3. The zero-order valence-electron chi connectivity index (χ0n) is 18.1. The molecule has 152 valence electrons. The average molecular weight is 391 g/mol. The van der Waals surface area contributed by atoms with E-state index in [1.807, 2.05) is 13.8 Å². The molecule has 0 aromatic heterocycles. The fourth-order valence-corrected chi connectivity index (χ4v) is 3.61. The van der Waals surface area contributed by atoms with Crippen LogP contribution in [0.25, 0.3) is 32.7 Å². The Bertz CT molecular complexity index is 1080. The molecule has 0 fully saturated rings. The number of rotatable bonds is 3. The van der Waals surface area contributed by atoms with Crippen molar-refractivity contribution in [3.05, 3.63) is 72.3 Å². The standard InChI is InChI=1S/C23H20O2.C2H6.CH4O/c1-15-12-16-8-5-7-11-20(16)22(23(15)25-3)21-14-18(24-2)13-17-9-4-6-10-19(17)21;2*1-2/h4-14H,1-3H3;1-2H3;2H,1H3. The third-order valence-corrected chi connectivity index (χ3v) is 4.73. The number of benzene rings is 4. The van der Waals surface area contributed by atoms with E-state index >= 15 is 0 Å². The molecule has 0 bridgehead atoms. The Morgan fingerprint density at radius 1 is 0.690 bits per heavy atom. The van der Waals surface area contributed by atoms with Crippen LogP contribution in [0.5, 0.6) is 11.5 Å². The van der Waals surface area contributed by atoms with Gasteiger partial charge >= 0.3 is 0 Å². The second kappa shape index (κ2) is 10.5. The van der Waals surface area contributed by atoms with Crippen LogP contribution in [0.15, 0.2) is 66.7 Å². The number of hydrogen-bond donors (Lipinski definition) is 1. The molecule has 0 saturated carbocycles. The van der Waals surface area contributed by atoms with E-state index in [9.17, 15) is 0 Å². The van der Waals surface area contributed by atoms with Crippen LogP contribution >= 0.6 is 0 Å². The van der Waals surface area contributed by atoms with Crippen LogP contribution in [-0.4, -0.2) is 26.4 Å². The van der Waals surface area contributed by atoms with Gasteiger partial charge < -0.3 is 14.6 Å². The van der Waals surface area contributed by atoms with Gasteiger partial charge in [-0.2, -0.15) is 0 Å². The molecule has 0 unspecified atom stereocenters. The Labute approximate surface area is 173 Å². The van der Waals surface area contributed by atoms with Gasteiger partial charge in [-0.3, -0.25) is 0 Å². The summed E-state index contributed by atoms with van der Waals surface area (Å²) in [4.78, 5) is 0. The zero-order valence-corrected chi connectivity index (χ0v) is 18.1. The van der Waals surface area contributed by atoms with Crippen LogP contribution in [0.4, 0.5) is 0 Å². The first-order valence-corrected chi connectivity index (χ1v) is 9.81. The van der Waals surface area contributed by atoms with Crippen molar-refractivity contribution >= 4 is 21.5 Å². The number of aryl methyl sites for hydroxylation is 1. The lowest BCUT2D eigenvalue weighted by Gasteiger charge is -2.18. The molecule has 29 heavy (non-hydrogen) atoms. The lowest BCUT2D eigenvalue weighted by Crippen LogP contribution is -1.95. The molecular weight excluding hydrogens is 360 g/mol. The first-order valence-electron chi connectivity index (χ1n) is 9.81. The Morgan fingerprint density at radius 3 is 1.83 bits per heavy atom. The Hall–Kier alpha value is -3.04. The lowest BCUT2D eigenvalue weighted by molar-refractivity contribution is 0.399. The van der Waals surface area contributed by atoms with Crippen molar-refractivity contribution in [2.45, 2.75) is 20.8 Å². The van der Waals surface area contributed by atoms with E-state index in [0.717, 1.165) is 40.7 Å². The molecule has 0 heterocycles. The molecule has 0 saturated heterocycles. The van der Waals surface area contributed by atoms with Crippen molar-refractivity contribution in [3.63, 3.8) is 0 Å². The third kappa shape index (κ3) is 4.36. The Kier molecular flexibility index (Phi) is 8.05. The van der Waals surface area contributed by atoms with Crippen LogP contribution < -0.4 is 9.47 Å². The average Bonchev–Trinajstić information content (AvgIpc) is 2.80. The normalized spacial score (nSPS) is 9.90. The predicted molar refractivity (Wildman–Crippen MR) is 124 cm³/mol. The molecular formula is C26H30O3. The maximum absolute atomic E-state index is 7.00. The molecule has 1 N–H and O–H groups in total. The van der Waals surface area contributed by atoms with Crippen molar-refractivity contribution in [1.82, 2.24) is 0 Å². The summed E-state index contributed by atoms with van der Waals surface area (Å²) in [5.41, 5.74) is 3.38. The van der Waals surface area contributed by atoms with Gasteiger partial charge in [0.2, 0.25) is 0 Å². The molecule has 0 radical (unpaired) electrons. The minimum absolute atomic E-state index is 0.848. The molecule has 0 aliphatic rings. The zero-order chi connectivity index (χ0) is 21.4. The van der Waals surface area contributed by atoms with Crippen molar-refractivity contribution in [1.29, 1.82) is 0 Å². The van der Waals surface area contributed by atoms with Crippen molar-refractivity contribution in [3.8, 4) is 22.6 Å². The molecule has 3 nitrogen and oxygen atoms in total. The third-order valence-electron chi connectivity index (χ3n) is 4.73. The fraction of sp³-hybridized carbons (Fsp3) is 0.231. The smallest absolute Gasteiger partial charge is 0.130 e. The molecule has 4 aromatic carbocycles. The quantitative estimate of drug-likeness (QED) is 0.427. The fourth-order valence-electron chi connectivity index (χ4n) is 3.61. The highest BCUT2D eigenvalue weighted by Crippen LogP contribution is 2.43. The van der Waals surface area contributed by atoms with Gasteiger partial charge in [-0.15, -0.1) is 0 Å². The topological polar surface area (TPSA) is 38.7 Å². The predicted octanol–water partition coefficient (Wildman–Crippen LogP) is 6.62. The van der Waals surface area contributed by atoms with E-state index < -0.39 is 0 Å². The molecule has 4 rings (SSSR count). The first-order chi connectivity index (χ1) is 14.2. The summed E-state index contributed by atoms with van der Waals surface area (Å²) in [6, 6.07) is 23.2. The second-order valence-electron chi connectivity index (χ2n) is 6.22. The van der Waals surface area contributed by atoms with Crippen LogP contribution in [0.3, 0.4) is 0 Å². The van der Waals surface area contributed by atoms with Crippen LogP contribution in [-0.2, 0) is 0 Å².